The largest absolute Gasteiger partial charge is 0.478 e. The van der Waals surface area contributed by atoms with Crippen molar-refractivity contribution in [3.63, 3.8) is 0 Å². The molecule has 0 saturated heterocycles. The Morgan fingerprint density at radius 2 is 2.07 bits per heavy atom. The first kappa shape index (κ1) is 11.5. The molecule has 0 heterocycles. The summed E-state index contributed by atoms with van der Waals surface area (Å²) in [5.41, 5.74) is 1.91. The summed E-state index contributed by atoms with van der Waals surface area (Å²) >= 11 is 6.75. The monoisotopic (exact) mass is 318 g/mol. The van der Waals surface area contributed by atoms with Gasteiger partial charge in [-0.15, -0.1) is 0 Å². The molecule has 0 aliphatic rings. The molecule has 0 aliphatic carbocycles. The van der Waals surface area contributed by atoms with Crippen LogP contribution in [0, 0.1) is 6.92 Å². The molecule has 0 unspecified atom stereocenters. The molecule has 4 heteroatoms. The Morgan fingerprint density at radius 1 is 1.43 bits per heavy atom. The zero-order valence-electron chi connectivity index (χ0n) is 7.42. The number of aliphatic carboxylic acids is 1. The highest BCUT2D eigenvalue weighted by atomic mass is 79.9. The minimum absolute atomic E-state index is 0.847. The summed E-state index contributed by atoms with van der Waals surface area (Å²) < 4.78 is 1.85. The predicted octanol–water partition coefficient (Wildman–Crippen LogP) is 3.62. The number of carboxylic acid groups (broad SMARTS) is 1. The smallest absolute Gasteiger partial charge is 0.328 e. The Hall–Kier alpha value is -0.610. The van der Waals surface area contributed by atoms with Gasteiger partial charge in [-0.25, -0.2) is 4.79 Å². The zero-order chi connectivity index (χ0) is 10.7. The lowest BCUT2D eigenvalue weighted by Crippen LogP contribution is -1.87. The van der Waals surface area contributed by atoms with E-state index in [2.05, 4.69) is 31.9 Å². The maximum Gasteiger partial charge on any atom is 0.328 e. The number of halogens is 2. The minimum atomic E-state index is -0.950. The van der Waals surface area contributed by atoms with E-state index in [4.69, 9.17) is 5.11 Å². The number of carboxylic acids is 1. The Balaban J connectivity index is 3.14. The first-order valence-corrected chi connectivity index (χ1v) is 5.46. The average Bonchev–Trinajstić information content (AvgIpc) is 2.08. The van der Waals surface area contributed by atoms with E-state index in [1.807, 2.05) is 19.1 Å². The third-order valence-electron chi connectivity index (χ3n) is 1.65. The van der Waals surface area contributed by atoms with Gasteiger partial charge in [0.1, 0.15) is 0 Å². The number of hydrogen-bond acceptors (Lipinski definition) is 1. The van der Waals surface area contributed by atoms with E-state index in [0.29, 0.717) is 0 Å². The van der Waals surface area contributed by atoms with Crippen molar-refractivity contribution in [1.82, 2.24) is 0 Å². The molecule has 0 atom stereocenters. The third kappa shape index (κ3) is 2.96. The highest BCUT2D eigenvalue weighted by Crippen LogP contribution is 2.26. The lowest BCUT2D eigenvalue weighted by Gasteiger charge is -2.03. The lowest BCUT2D eigenvalue weighted by molar-refractivity contribution is -0.131. The highest BCUT2D eigenvalue weighted by molar-refractivity contribution is 9.11. The summed E-state index contributed by atoms with van der Waals surface area (Å²) in [5, 5.41) is 8.49. The highest BCUT2D eigenvalue weighted by Gasteiger charge is 2.02. The van der Waals surface area contributed by atoms with Gasteiger partial charge in [0.05, 0.1) is 0 Å². The second-order valence-electron chi connectivity index (χ2n) is 2.80. The first-order valence-electron chi connectivity index (χ1n) is 3.87. The van der Waals surface area contributed by atoms with Crippen molar-refractivity contribution in [2.75, 3.05) is 0 Å². The molecule has 0 aliphatic heterocycles. The van der Waals surface area contributed by atoms with E-state index in [1.54, 1.807) is 6.08 Å². The van der Waals surface area contributed by atoms with Crippen molar-refractivity contribution in [2.24, 2.45) is 0 Å². The summed E-state index contributed by atoms with van der Waals surface area (Å²) in [6.07, 6.45) is 2.68. The summed E-state index contributed by atoms with van der Waals surface area (Å²) in [4.78, 5) is 10.3. The number of benzene rings is 1. The Kier molecular flexibility index (Phi) is 3.89. The Labute approximate surface area is 98.9 Å². The van der Waals surface area contributed by atoms with Gasteiger partial charge >= 0.3 is 5.97 Å². The van der Waals surface area contributed by atoms with Crippen LogP contribution in [-0.4, -0.2) is 11.1 Å². The minimum Gasteiger partial charge on any atom is -0.478 e. The summed E-state index contributed by atoms with van der Waals surface area (Å²) in [5.74, 6) is -0.950. The van der Waals surface area contributed by atoms with Crippen molar-refractivity contribution in [3.05, 3.63) is 38.3 Å². The zero-order valence-corrected chi connectivity index (χ0v) is 10.6. The molecule has 2 nitrogen and oxygen atoms in total. The van der Waals surface area contributed by atoms with Crippen LogP contribution in [0.2, 0.25) is 0 Å². The summed E-state index contributed by atoms with van der Waals surface area (Å²) in [6.45, 7) is 1.95. The van der Waals surface area contributed by atoms with Crippen LogP contribution in [0.4, 0.5) is 0 Å². The molecule has 1 N–H and O–H groups in total. The number of carbonyl (C=O) groups is 1. The van der Waals surface area contributed by atoms with Crippen LogP contribution in [0.25, 0.3) is 6.08 Å². The van der Waals surface area contributed by atoms with Gasteiger partial charge in [0, 0.05) is 15.0 Å². The van der Waals surface area contributed by atoms with Gasteiger partial charge in [-0.3, -0.25) is 0 Å². The summed E-state index contributed by atoms with van der Waals surface area (Å²) in [7, 11) is 0. The molecular formula is C10H8Br2O2. The molecule has 1 rings (SSSR count). The Bertz CT molecular complexity index is 397. The van der Waals surface area contributed by atoms with Crippen LogP contribution in [0.15, 0.2) is 27.2 Å². The first-order chi connectivity index (χ1) is 6.50. The number of hydrogen-bond donors (Lipinski definition) is 1. The standard InChI is InChI=1S/C10H8Br2O2/c1-6-4-8(11)5-7(10(6)12)2-3-9(13)14/h2-5H,1H3,(H,13,14)/b3-2+. The second kappa shape index (κ2) is 4.75. The van der Waals surface area contributed by atoms with Gasteiger partial charge in [-0.2, -0.15) is 0 Å². The molecule has 0 aromatic heterocycles. The van der Waals surface area contributed by atoms with Gasteiger partial charge < -0.3 is 5.11 Å². The van der Waals surface area contributed by atoms with Gasteiger partial charge in [-0.05, 0) is 52.2 Å². The van der Waals surface area contributed by atoms with E-state index in [0.717, 1.165) is 26.1 Å². The summed E-state index contributed by atoms with van der Waals surface area (Å²) in [6, 6.07) is 3.82. The molecule has 0 radical (unpaired) electrons. The Morgan fingerprint density at radius 3 is 2.64 bits per heavy atom. The molecule has 14 heavy (non-hydrogen) atoms. The average molecular weight is 320 g/mol. The second-order valence-corrected chi connectivity index (χ2v) is 4.51. The number of aryl methyl sites for hydroxylation is 1. The van der Waals surface area contributed by atoms with Gasteiger partial charge in [-0.1, -0.05) is 15.9 Å². The van der Waals surface area contributed by atoms with Gasteiger partial charge in [0.2, 0.25) is 0 Å². The van der Waals surface area contributed by atoms with Crippen molar-refractivity contribution >= 4 is 43.9 Å². The molecule has 1 aromatic rings. The van der Waals surface area contributed by atoms with Gasteiger partial charge in [0.25, 0.3) is 0 Å². The predicted molar refractivity (Wildman–Crippen MR) is 63.2 cm³/mol. The molecular weight excluding hydrogens is 312 g/mol. The fourth-order valence-corrected chi connectivity index (χ4v) is 1.98. The van der Waals surface area contributed by atoms with E-state index in [1.165, 1.54) is 0 Å². The van der Waals surface area contributed by atoms with Crippen LogP contribution in [0.1, 0.15) is 11.1 Å². The van der Waals surface area contributed by atoms with Crippen LogP contribution >= 0.6 is 31.9 Å². The maximum absolute atomic E-state index is 10.3. The molecule has 0 saturated carbocycles. The third-order valence-corrected chi connectivity index (χ3v) is 3.19. The van der Waals surface area contributed by atoms with Crippen LogP contribution in [-0.2, 0) is 4.79 Å². The fourth-order valence-electron chi connectivity index (χ4n) is 1.03. The lowest BCUT2D eigenvalue weighted by atomic mass is 10.1. The van der Waals surface area contributed by atoms with Gasteiger partial charge in [0.15, 0.2) is 0 Å². The molecule has 0 amide bonds. The molecule has 0 spiro atoms. The fraction of sp³-hybridized carbons (Fsp3) is 0.100. The van der Waals surface area contributed by atoms with E-state index < -0.39 is 5.97 Å². The molecule has 0 bridgehead atoms. The SMILES string of the molecule is Cc1cc(Br)cc(/C=C/C(=O)O)c1Br. The quantitative estimate of drug-likeness (QED) is 0.845. The van der Waals surface area contributed by atoms with Crippen LogP contribution in [0.3, 0.4) is 0 Å². The van der Waals surface area contributed by atoms with Crippen molar-refractivity contribution in [1.29, 1.82) is 0 Å². The van der Waals surface area contributed by atoms with E-state index in [-0.39, 0.29) is 0 Å². The number of rotatable bonds is 2. The van der Waals surface area contributed by atoms with Crippen molar-refractivity contribution < 1.29 is 9.90 Å². The van der Waals surface area contributed by atoms with Crippen LogP contribution in [0.5, 0.6) is 0 Å². The molecule has 0 fully saturated rings. The van der Waals surface area contributed by atoms with Crippen molar-refractivity contribution in [3.8, 4) is 0 Å². The van der Waals surface area contributed by atoms with E-state index in [9.17, 15) is 4.79 Å². The van der Waals surface area contributed by atoms with Crippen molar-refractivity contribution in [2.45, 2.75) is 6.92 Å². The maximum atomic E-state index is 10.3. The molecule has 74 valence electrons. The normalized spacial score (nSPS) is 10.8. The van der Waals surface area contributed by atoms with Crippen LogP contribution < -0.4 is 0 Å². The van der Waals surface area contributed by atoms with E-state index >= 15 is 0 Å². The topological polar surface area (TPSA) is 37.3 Å². The molecule has 1 aromatic carbocycles.